The maximum absolute atomic E-state index is 10.7. The van der Waals surface area contributed by atoms with E-state index in [0.717, 1.165) is 6.26 Å². The highest BCUT2D eigenvalue weighted by molar-refractivity contribution is 5.85. The molecule has 1 aliphatic heterocycles. The van der Waals surface area contributed by atoms with Crippen LogP contribution in [-0.4, -0.2) is 55.6 Å². The van der Waals surface area contributed by atoms with Crippen molar-refractivity contribution in [2.75, 3.05) is 38.4 Å². The zero-order valence-corrected chi connectivity index (χ0v) is 9.46. The van der Waals surface area contributed by atoms with E-state index in [1.165, 1.54) is 0 Å². The normalized spacial score (nSPS) is 20.5. The quantitative estimate of drug-likeness (QED) is 0.808. The van der Waals surface area contributed by atoms with E-state index in [0.29, 0.717) is 32.4 Å². The van der Waals surface area contributed by atoms with Gasteiger partial charge in [0.15, 0.2) is 5.69 Å². The van der Waals surface area contributed by atoms with Crippen LogP contribution < -0.4 is 4.90 Å². The molecule has 7 nitrogen and oxygen atoms in total. The highest BCUT2D eigenvalue weighted by Gasteiger charge is 2.27. The molecule has 1 N–H and O–H groups in total. The lowest BCUT2D eigenvalue weighted by Crippen LogP contribution is -2.48. The predicted molar refractivity (Wildman–Crippen MR) is 57.3 cm³/mol. The van der Waals surface area contributed by atoms with Crippen LogP contribution in [0.2, 0.25) is 0 Å². The maximum atomic E-state index is 10.7. The molecule has 7 heteroatoms. The third kappa shape index (κ3) is 2.56. The Morgan fingerprint density at radius 2 is 2.59 bits per heavy atom. The van der Waals surface area contributed by atoms with Crippen LogP contribution in [0.1, 0.15) is 10.5 Å². The van der Waals surface area contributed by atoms with E-state index < -0.39 is 5.97 Å². The third-order valence-electron chi connectivity index (χ3n) is 2.54. The maximum Gasteiger partial charge on any atom is 0.357 e. The highest BCUT2D eigenvalue weighted by atomic mass is 16.5. The second-order valence-corrected chi connectivity index (χ2v) is 3.70. The molecule has 0 amide bonds. The minimum Gasteiger partial charge on any atom is -0.476 e. The molecular formula is C10H14N2O5. The van der Waals surface area contributed by atoms with Crippen molar-refractivity contribution in [1.29, 1.82) is 0 Å². The Morgan fingerprint density at radius 3 is 3.24 bits per heavy atom. The number of anilines is 1. The van der Waals surface area contributed by atoms with E-state index in [1.807, 2.05) is 4.90 Å². The second kappa shape index (κ2) is 5.15. The van der Waals surface area contributed by atoms with Gasteiger partial charge in [-0.05, 0) is 0 Å². The van der Waals surface area contributed by atoms with Gasteiger partial charge in [0.1, 0.15) is 6.26 Å². The van der Waals surface area contributed by atoms with E-state index in [9.17, 15) is 4.79 Å². The van der Waals surface area contributed by atoms with Gasteiger partial charge in [-0.3, -0.25) is 0 Å². The van der Waals surface area contributed by atoms with Gasteiger partial charge in [-0.2, -0.15) is 4.98 Å². The van der Waals surface area contributed by atoms with Crippen molar-refractivity contribution in [2.24, 2.45) is 0 Å². The summed E-state index contributed by atoms with van der Waals surface area (Å²) in [5.74, 6) is -1.10. The molecule has 1 saturated heterocycles. The van der Waals surface area contributed by atoms with E-state index in [2.05, 4.69) is 4.98 Å². The molecule has 0 bridgehead atoms. The topological polar surface area (TPSA) is 85.0 Å². The smallest absolute Gasteiger partial charge is 0.357 e. The summed E-state index contributed by atoms with van der Waals surface area (Å²) in [5.41, 5.74) is -0.0948. The van der Waals surface area contributed by atoms with E-state index in [-0.39, 0.29) is 11.7 Å². The molecule has 1 aromatic rings. The summed E-state index contributed by atoms with van der Waals surface area (Å²) in [5, 5.41) is 8.78. The largest absolute Gasteiger partial charge is 0.476 e. The number of hydrogen-bond donors (Lipinski definition) is 1. The van der Waals surface area contributed by atoms with E-state index in [4.69, 9.17) is 19.0 Å². The fourth-order valence-corrected chi connectivity index (χ4v) is 1.73. The lowest BCUT2D eigenvalue weighted by Gasteiger charge is -2.33. The Kier molecular flexibility index (Phi) is 3.60. The molecule has 94 valence electrons. The average Bonchev–Trinajstić information content (AvgIpc) is 2.79. The number of oxazole rings is 1. The number of morpholine rings is 1. The van der Waals surface area contributed by atoms with Gasteiger partial charge in [0.25, 0.3) is 6.01 Å². The lowest BCUT2D eigenvalue weighted by atomic mass is 10.2. The van der Waals surface area contributed by atoms with Gasteiger partial charge in [0.05, 0.1) is 25.9 Å². The number of carboxylic acids is 1. The minimum absolute atomic E-state index is 0.00551. The van der Waals surface area contributed by atoms with Crippen molar-refractivity contribution in [3.05, 3.63) is 12.0 Å². The number of aromatic nitrogens is 1. The Bertz CT molecular complexity index is 390. The van der Waals surface area contributed by atoms with E-state index >= 15 is 0 Å². The van der Waals surface area contributed by atoms with Crippen LogP contribution >= 0.6 is 0 Å². The van der Waals surface area contributed by atoms with E-state index in [1.54, 1.807) is 7.11 Å². The second-order valence-electron chi connectivity index (χ2n) is 3.70. The Labute approximate surface area is 97.9 Å². The third-order valence-corrected chi connectivity index (χ3v) is 2.54. The molecule has 0 spiro atoms. The number of methoxy groups -OCH3 is 1. The highest BCUT2D eigenvalue weighted by Crippen LogP contribution is 2.19. The minimum atomic E-state index is -1.10. The lowest BCUT2D eigenvalue weighted by molar-refractivity contribution is 0.0576. The molecule has 0 unspecified atom stereocenters. The Hall–Kier alpha value is -1.60. The molecule has 0 aromatic carbocycles. The molecule has 0 saturated carbocycles. The van der Waals surface area contributed by atoms with Crippen LogP contribution in [0.15, 0.2) is 10.7 Å². The molecule has 2 rings (SSSR count). The number of aromatic carboxylic acids is 1. The number of rotatable bonds is 4. The average molecular weight is 242 g/mol. The van der Waals surface area contributed by atoms with Crippen LogP contribution in [0, 0.1) is 0 Å². The number of carboxylic acid groups (broad SMARTS) is 1. The van der Waals surface area contributed by atoms with Crippen LogP contribution in [0.25, 0.3) is 0 Å². The van der Waals surface area contributed by atoms with Crippen molar-refractivity contribution < 1.29 is 23.8 Å². The molecule has 0 radical (unpaired) electrons. The van der Waals surface area contributed by atoms with Gasteiger partial charge in [-0.15, -0.1) is 0 Å². The fourth-order valence-electron chi connectivity index (χ4n) is 1.73. The van der Waals surface area contributed by atoms with Crippen LogP contribution in [0.5, 0.6) is 0 Å². The van der Waals surface area contributed by atoms with Crippen molar-refractivity contribution in [2.45, 2.75) is 6.04 Å². The monoisotopic (exact) mass is 242 g/mol. The van der Waals surface area contributed by atoms with Gasteiger partial charge >= 0.3 is 5.97 Å². The molecule has 1 aliphatic rings. The summed E-state index contributed by atoms with van der Waals surface area (Å²) in [6.07, 6.45) is 1.14. The van der Waals surface area contributed by atoms with Crippen molar-refractivity contribution in [1.82, 2.24) is 4.98 Å². The van der Waals surface area contributed by atoms with Crippen LogP contribution in [-0.2, 0) is 9.47 Å². The summed E-state index contributed by atoms with van der Waals surface area (Å²) in [7, 11) is 1.60. The summed E-state index contributed by atoms with van der Waals surface area (Å²) in [4.78, 5) is 16.5. The van der Waals surface area contributed by atoms with Crippen molar-refractivity contribution in [3.8, 4) is 0 Å². The fraction of sp³-hybridized carbons (Fsp3) is 0.600. The summed E-state index contributed by atoms with van der Waals surface area (Å²) < 4.78 is 15.6. The number of ether oxygens (including phenoxy) is 2. The summed E-state index contributed by atoms with van der Waals surface area (Å²) >= 11 is 0. The van der Waals surface area contributed by atoms with Gasteiger partial charge in [-0.1, -0.05) is 0 Å². The molecule has 17 heavy (non-hydrogen) atoms. The molecule has 2 heterocycles. The molecule has 1 aromatic heterocycles. The van der Waals surface area contributed by atoms with Crippen LogP contribution in [0.3, 0.4) is 0 Å². The Balaban J connectivity index is 2.14. The van der Waals surface area contributed by atoms with Gasteiger partial charge in [0.2, 0.25) is 0 Å². The van der Waals surface area contributed by atoms with Crippen LogP contribution in [0.4, 0.5) is 6.01 Å². The number of nitrogens with zero attached hydrogens (tertiary/aromatic N) is 2. The zero-order chi connectivity index (χ0) is 12.3. The molecular weight excluding hydrogens is 228 g/mol. The predicted octanol–water partition coefficient (Wildman–Crippen LogP) is 0.224. The Morgan fingerprint density at radius 1 is 1.76 bits per heavy atom. The first kappa shape index (κ1) is 11.9. The van der Waals surface area contributed by atoms with Gasteiger partial charge in [0, 0.05) is 13.7 Å². The first-order valence-corrected chi connectivity index (χ1v) is 5.24. The number of hydrogen-bond acceptors (Lipinski definition) is 6. The molecule has 1 fully saturated rings. The summed E-state index contributed by atoms with van der Waals surface area (Å²) in [6.45, 7) is 2.15. The zero-order valence-electron chi connectivity index (χ0n) is 9.46. The SMILES string of the molecule is COC[C@H]1COCCN1c1nc(C(=O)O)co1. The first-order valence-electron chi connectivity index (χ1n) is 5.24. The van der Waals surface area contributed by atoms with Gasteiger partial charge in [-0.25, -0.2) is 4.79 Å². The molecule has 0 aliphatic carbocycles. The number of carbonyl (C=O) groups is 1. The van der Waals surface area contributed by atoms with Crippen molar-refractivity contribution >= 4 is 12.0 Å². The van der Waals surface area contributed by atoms with Crippen molar-refractivity contribution in [3.63, 3.8) is 0 Å². The molecule has 1 atom stereocenters. The first-order chi connectivity index (χ1) is 8.22. The van der Waals surface area contributed by atoms with Gasteiger partial charge < -0.3 is 23.9 Å². The summed E-state index contributed by atoms with van der Waals surface area (Å²) in [6, 6.07) is 0.293. The standard InChI is InChI=1S/C10H14N2O5/c1-15-4-7-5-16-3-2-12(7)10-11-8(6-17-10)9(13)14/h6-7H,2-5H2,1H3,(H,13,14)/t7-/m0/s1.